The number of carbonyl (C=O) groups excluding carboxylic acids is 1. The van der Waals surface area contributed by atoms with Crippen molar-refractivity contribution >= 4 is 32.2 Å². The van der Waals surface area contributed by atoms with Crippen LogP contribution in [0.1, 0.15) is 43.8 Å². The third-order valence-corrected chi connectivity index (χ3v) is 8.51. The average Bonchev–Trinajstić information content (AvgIpc) is 3.32. The van der Waals surface area contributed by atoms with Crippen molar-refractivity contribution in [2.45, 2.75) is 48.4 Å². The number of hydrogen-bond donors (Lipinski definition) is 1. The van der Waals surface area contributed by atoms with E-state index in [9.17, 15) is 22.0 Å². The summed E-state index contributed by atoms with van der Waals surface area (Å²) in [6.45, 7) is 0. The molecule has 1 N–H and O–H groups in total. The van der Waals surface area contributed by atoms with E-state index in [0.29, 0.717) is 29.6 Å². The molecule has 33 heavy (non-hydrogen) atoms. The van der Waals surface area contributed by atoms with Gasteiger partial charge in [-0.3, -0.25) is 10.1 Å². The maximum absolute atomic E-state index is 14.2. The number of rotatable bonds is 7. The molecular weight excluding hydrogens is 470 g/mol. The van der Waals surface area contributed by atoms with Gasteiger partial charge in [0.1, 0.15) is 5.82 Å². The zero-order valence-electron chi connectivity index (χ0n) is 17.5. The average molecular weight is 493 g/mol. The lowest BCUT2D eigenvalue weighted by molar-refractivity contribution is -0.123. The second-order valence-electron chi connectivity index (χ2n) is 7.77. The Kier molecular flexibility index (Phi) is 7.04. The van der Waals surface area contributed by atoms with Crippen LogP contribution in [-0.2, 0) is 14.6 Å². The first-order valence-electron chi connectivity index (χ1n) is 10.5. The Morgan fingerprint density at radius 1 is 1.09 bits per heavy atom. The fourth-order valence-corrected chi connectivity index (χ4v) is 6.21. The highest BCUT2D eigenvalue weighted by Gasteiger charge is 2.30. The van der Waals surface area contributed by atoms with Crippen LogP contribution in [0.5, 0.6) is 5.75 Å². The molecule has 1 fully saturated rings. The van der Waals surface area contributed by atoms with E-state index in [1.807, 2.05) is 0 Å². The SMILES string of the molecule is O=C(Nc1nccs1)C(Oc1ccc(F)cc1F)c1ccc(S(=O)(=O)C2CCCCC2)cc1. The lowest BCUT2D eigenvalue weighted by Gasteiger charge is -2.22. The van der Waals surface area contributed by atoms with E-state index < -0.39 is 38.7 Å². The first kappa shape index (κ1) is 23.3. The number of thiazole rings is 1. The summed E-state index contributed by atoms with van der Waals surface area (Å²) in [5.41, 5.74) is 0.315. The zero-order chi connectivity index (χ0) is 23.4. The van der Waals surface area contributed by atoms with Crippen LogP contribution in [0.3, 0.4) is 0 Å². The van der Waals surface area contributed by atoms with Gasteiger partial charge in [0, 0.05) is 23.2 Å². The van der Waals surface area contributed by atoms with Crippen LogP contribution >= 0.6 is 11.3 Å². The number of halogens is 2. The molecular formula is C23H22F2N2O4S2. The molecule has 6 nitrogen and oxygen atoms in total. The minimum Gasteiger partial charge on any atom is -0.473 e. The Morgan fingerprint density at radius 3 is 2.45 bits per heavy atom. The van der Waals surface area contributed by atoms with Crippen LogP contribution in [0.15, 0.2) is 58.9 Å². The van der Waals surface area contributed by atoms with Crippen LogP contribution in [-0.4, -0.2) is 24.6 Å². The van der Waals surface area contributed by atoms with Gasteiger partial charge in [0.15, 0.2) is 26.5 Å². The highest BCUT2D eigenvalue weighted by Crippen LogP contribution is 2.31. The Morgan fingerprint density at radius 2 is 1.82 bits per heavy atom. The van der Waals surface area contributed by atoms with E-state index in [0.717, 1.165) is 31.4 Å². The third-order valence-electron chi connectivity index (χ3n) is 5.54. The molecule has 0 bridgehead atoms. The number of anilines is 1. The molecule has 0 saturated heterocycles. The van der Waals surface area contributed by atoms with Crippen molar-refractivity contribution in [2.75, 3.05) is 5.32 Å². The lowest BCUT2D eigenvalue weighted by atomic mass is 10.0. The molecule has 4 rings (SSSR count). The molecule has 1 aliphatic carbocycles. The fourth-order valence-electron chi connectivity index (χ4n) is 3.83. The van der Waals surface area contributed by atoms with Gasteiger partial charge in [0.05, 0.1) is 10.1 Å². The molecule has 1 aliphatic rings. The van der Waals surface area contributed by atoms with E-state index in [1.165, 1.54) is 41.8 Å². The second kappa shape index (κ2) is 9.96. The van der Waals surface area contributed by atoms with Gasteiger partial charge in [-0.05, 0) is 37.1 Å². The molecule has 1 saturated carbocycles. The topological polar surface area (TPSA) is 85.4 Å². The number of amides is 1. The molecule has 1 unspecified atom stereocenters. The summed E-state index contributed by atoms with van der Waals surface area (Å²) in [6.07, 6.45) is 4.28. The molecule has 0 spiro atoms. The number of aromatic nitrogens is 1. The Bertz CT molecular complexity index is 1210. The number of hydrogen-bond acceptors (Lipinski definition) is 6. The maximum Gasteiger partial charge on any atom is 0.271 e. The molecule has 1 aromatic heterocycles. The minimum atomic E-state index is -3.49. The Balaban J connectivity index is 1.62. The van der Waals surface area contributed by atoms with Crippen LogP contribution in [0.4, 0.5) is 13.9 Å². The van der Waals surface area contributed by atoms with Crippen molar-refractivity contribution in [3.8, 4) is 5.75 Å². The largest absolute Gasteiger partial charge is 0.473 e. The molecule has 0 radical (unpaired) electrons. The van der Waals surface area contributed by atoms with E-state index >= 15 is 0 Å². The lowest BCUT2D eigenvalue weighted by Crippen LogP contribution is -2.26. The molecule has 10 heteroatoms. The van der Waals surface area contributed by atoms with Gasteiger partial charge in [-0.2, -0.15) is 0 Å². The van der Waals surface area contributed by atoms with Crippen molar-refractivity contribution in [1.82, 2.24) is 4.98 Å². The van der Waals surface area contributed by atoms with Gasteiger partial charge in [-0.25, -0.2) is 22.2 Å². The van der Waals surface area contributed by atoms with Crippen LogP contribution < -0.4 is 10.1 Å². The van der Waals surface area contributed by atoms with Crippen molar-refractivity contribution in [1.29, 1.82) is 0 Å². The number of ether oxygens (including phenoxy) is 1. The standard InChI is InChI=1S/C23H22F2N2O4S2/c24-16-8-11-20(19(25)14-16)31-21(22(28)27-23-26-12-13-32-23)15-6-9-18(10-7-15)33(29,30)17-4-2-1-3-5-17/h6-14,17,21H,1-5H2,(H,26,27,28). The van der Waals surface area contributed by atoms with Crippen molar-refractivity contribution in [3.05, 3.63) is 71.2 Å². The summed E-state index contributed by atoms with van der Waals surface area (Å²) in [6, 6.07) is 8.60. The van der Waals surface area contributed by atoms with Gasteiger partial charge in [-0.15, -0.1) is 11.3 Å². The number of nitrogens with zero attached hydrogens (tertiary/aromatic N) is 1. The molecule has 0 aliphatic heterocycles. The van der Waals surface area contributed by atoms with Gasteiger partial charge >= 0.3 is 0 Å². The summed E-state index contributed by atoms with van der Waals surface area (Å²) in [4.78, 5) is 17.1. The fraction of sp³-hybridized carbons (Fsp3) is 0.304. The number of nitrogens with one attached hydrogen (secondary N) is 1. The zero-order valence-corrected chi connectivity index (χ0v) is 19.2. The molecule has 1 heterocycles. The van der Waals surface area contributed by atoms with Crippen LogP contribution in [0.25, 0.3) is 0 Å². The molecule has 1 amide bonds. The summed E-state index contributed by atoms with van der Waals surface area (Å²) < 4.78 is 59.1. The van der Waals surface area contributed by atoms with E-state index in [1.54, 1.807) is 5.38 Å². The highest BCUT2D eigenvalue weighted by atomic mass is 32.2. The number of benzene rings is 2. The van der Waals surface area contributed by atoms with Crippen molar-refractivity contribution < 1.29 is 26.7 Å². The van der Waals surface area contributed by atoms with Gasteiger partial charge in [-0.1, -0.05) is 31.4 Å². The summed E-state index contributed by atoms with van der Waals surface area (Å²) in [5, 5.41) is 4.19. The second-order valence-corrected chi connectivity index (χ2v) is 10.9. The Hall–Kier alpha value is -2.85. The predicted molar refractivity (Wildman–Crippen MR) is 121 cm³/mol. The third kappa shape index (κ3) is 5.39. The first-order valence-corrected chi connectivity index (χ1v) is 12.9. The minimum absolute atomic E-state index is 0.171. The monoisotopic (exact) mass is 492 g/mol. The van der Waals surface area contributed by atoms with E-state index in [2.05, 4.69) is 10.3 Å². The van der Waals surface area contributed by atoms with Gasteiger partial charge in [0.25, 0.3) is 5.91 Å². The van der Waals surface area contributed by atoms with Crippen molar-refractivity contribution in [2.24, 2.45) is 0 Å². The van der Waals surface area contributed by atoms with Crippen LogP contribution in [0.2, 0.25) is 0 Å². The van der Waals surface area contributed by atoms with Crippen LogP contribution in [0, 0.1) is 11.6 Å². The van der Waals surface area contributed by atoms with E-state index in [-0.39, 0.29) is 10.6 Å². The first-order chi connectivity index (χ1) is 15.8. The van der Waals surface area contributed by atoms with Gasteiger partial charge < -0.3 is 4.74 Å². The highest BCUT2D eigenvalue weighted by molar-refractivity contribution is 7.92. The molecule has 174 valence electrons. The molecule has 1 atom stereocenters. The summed E-state index contributed by atoms with van der Waals surface area (Å²) in [5.74, 6) is -2.68. The quantitative estimate of drug-likeness (QED) is 0.485. The summed E-state index contributed by atoms with van der Waals surface area (Å²) in [7, 11) is -3.49. The summed E-state index contributed by atoms with van der Waals surface area (Å²) >= 11 is 1.20. The number of carbonyl (C=O) groups is 1. The predicted octanol–water partition coefficient (Wildman–Crippen LogP) is 5.29. The Labute approximate surface area is 194 Å². The normalized spacial score (nSPS) is 15.7. The smallest absolute Gasteiger partial charge is 0.271 e. The van der Waals surface area contributed by atoms with Crippen molar-refractivity contribution in [3.63, 3.8) is 0 Å². The maximum atomic E-state index is 14.2. The molecule has 3 aromatic rings. The van der Waals surface area contributed by atoms with E-state index in [4.69, 9.17) is 4.74 Å². The number of sulfone groups is 1. The van der Waals surface area contributed by atoms with Gasteiger partial charge in [0.2, 0.25) is 6.10 Å². The molecule has 2 aromatic carbocycles.